The van der Waals surface area contributed by atoms with Gasteiger partial charge in [0.15, 0.2) is 11.4 Å². The highest BCUT2D eigenvalue weighted by molar-refractivity contribution is 6.42. The monoisotopic (exact) mass is 503 g/mol. The molecule has 1 aliphatic carbocycles. The van der Waals surface area contributed by atoms with E-state index in [1.807, 2.05) is 12.1 Å². The molecule has 0 atom stereocenters. The lowest BCUT2D eigenvalue weighted by atomic mass is 9.79. The van der Waals surface area contributed by atoms with Crippen LogP contribution in [-0.4, -0.2) is 20.8 Å². The van der Waals surface area contributed by atoms with Gasteiger partial charge in [-0.2, -0.15) is 5.10 Å². The van der Waals surface area contributed by atoms with E-state index in [2.05, 4.69) is 10.4 Å². The molecule has 4 rings (SSSR count). The van der Waals surface area contributed by atoms with Crippen molar-refractivity contribution in [1.82, 2.24) is 15.1 Å². The van der Waals surface area contributed by atoms with E-state index in [-0.39, 0.29) is 17.8 Å². The molecule has 1 amide bonds. The minimum atomic E-state index is -0.848. The SMILES string of the molecule is Cc1cc(CNC(=O)c2nn(CC3(c4ccc(Cl)c(Cl)c4)CCCC3)cc(O)c2=O)ccc1F. The number of halogens is 3. The van der Waals surface area contributed by atoms with Crippen molar-refractivity contribution in [3.8, 4) is 5.75 Å². The highest BCUT2D eigenvalue weighted by Crippen LogP contribution is 2.43. The van der Waals surface area contributed by atoms with Crippen LogP contribution >= 0.6 is 23.2 Å². The summed E-state index contributed by atoms with van der Waals surface area (Å²) in [5.74, 6) is -1.61. The minimum absolute atomic E-state index is 0.0872. The number of aromatic nitrogens is 2. The molecule has 178 valence electrons. The Morgan fingerprint density at radius 2 is 1.91 bits per heavy atom. The van der Waals surface area contributed by atoms with Gasteiger partial charge < -0.3 is 10.4 Å². The topological polar surface area (TPSA) is 84.2 Å². The lowest BCUT2D eigenvalue weighted by Crippen LogP contribution is -2.34. The number of aryl methyl sites for hydroxylation is 1. The van der Waals surface area contributed by atoms with Crippen LogP contribution in [0.1, 0.15) is 52.9 Å². The summed E-state index contributed by atoms with van der Waals surface area (Å²) in [5.41, 5.74) is 0.561. The Morgan fingerprint density at radius 1 is 1.18 bits per heavy atom. The lowest BCUT2D eigenvalue weighted by Gasteiger charge is -2.30. The Balaban J connectivity index is 1.60. The number of nitrogens with zero attached hydrogens (tertiary/aromatic N) is 2. The van der Waals surface area contributed by atoms with Gasteiger partial charge in [0, 0.05) is 12.0 Å². The lowest BCUT2D eigenvalue weighted by molar-refractivity contribution is 0.0940. The third-order valence-electron chi connectivity index (χ3n) is 6.40. The summed E-state index contributed by atoms with van der Waals surface area (Å²) in [6.07, 6.45) is 5.00. The molecule has 2 N–H and O–H groups in total. The summed E-state index contributed by atoms with van der Waals surface area (Å²) < 4.78 is 14.9. The second-order valence-electron chi connectivity index (χ2n) is 8.77. The van der Waals surface area contributed by atoms with Crippen LogP contribution in [-0.2, 0) is 18.5 Å². The van der Waals surface area contributed by atoms with Gasteiger partial charge >= 0.3 is 0 Å². The Morgan fingerprint density at radius 3 is 2.59 bits per heavy atom. The summed E-state index contributed by atoms with van der Waals surface area (Å²) >= 11 is 12.4. The van der Waals surface area contributed by atoms with Gasteiger partial charge in [-0.1, -0.05) is 54.2 Å². The Bertz CT molecular complexity index is 1300. The van der Waals surface area contributed by atoms with Crippen LogP contribution in [0.3, 0.4) is 0 Å². The second kappa shape index (κ2) is 9.76. The van der Waals surface area contributed by atoms with E-state index in [1.165, 1.54) is 16.9 Å². The summed E-state index contributed by atoms with van der Waals surface area (Å²) in [6.45, 7) is 2.07. The van der Waals surface area contributed by atoms with Crippen LogP contribution in [0.4, 0.5) is 4.39 Å². The third kappa shape index (κ3) is 4.95. The van der Waals surface area contributed by atoms with Crippen LogP contribution in [0.25, 0.3) is 0 Å². The van der Waals surface area contributed by atoms with Crippen LogP contribution in [0.5, 0.6) is 5.75 Å². The maximum atomic E-state index is 13.5. The minimum Gasteiger partial charge on any atom is -0.503 e. The highest BCUT2D eigenvalue weighted by atomic mass is 35.5. The van der Waals surface area contributed by atoms with Gasteiger partial charge in [-0.05, 0) is 54.7 Å². The molecule has 0 bridgehead atoms. The van der Waals surface area contributed by atoms with Crippen molar-refractivity contribution in [2.24, 2.45) is 0 Å². The smallest absolute Gasteiger partial charge is 0.276 e. The summed E-state index contributed by atoms with van der Waals surface area (Å²) in [7, 11) is 0. The normalized spacial score (nSPS) is 14.8. The van der Waals surface area contributed by atoms with E-state index >= 15 is 0 Å². The Kier molecular flexibility index (Phi) is 6.96. The Labute approximate surface area is 206 Å². The van der Waals surface area contributed by atoms with Crippen LogP contribution in [0.15, 0.2) is 47.4 Å². The molecule has 2 aromatic carbocycles. The molecular formula is C25H24Cl2FN3O3. The predicted octanol–water partition coefficient (Wildman–Crippen LogP) is 5.15. The molecule has 0 unspecified atom stereocenters. The fourth-order valence-electron chi connectivity index (χ4n) is 4.56. The summed E-state index contributed by atoms with van der Waals surface area (Å²) in [5, 5.41) is 18.1. The number of nitrogens with one attached hydrogen (secondary N) is 1. The highest BCUT2D eigenvalue weighted by Gasteiger charge is 2.37. The molecule has 1 heterocycles. The number of benzene rings is 2. The van der Waals surface area contributed by atoms with Crippen molar-refractivity contribution in [2.75, 3.05) is 0 Å². The molecule has 0 saturated heterocycles. The number of hydrogen-bond acceptors (Lipinski definition) is 4. The van der Waals surface area contributed by atoms with E-state index < -0.39 is 22.8 Å². The molecule has 1 aromatic heterocycles. The Hall–Kier alpha value is -2.90. The van der Waals surface area contributed by atoms with E-state index in [0.717, 1.165) is 31.2 Å². The van der Waals surface area contributed by atoms with E-state index in [9.17, 15) is 19.1 Å². The fourth-order valence-corrected chi connectivity index (χ4v) is 4.86. The van der Waals surface area contributed by atoms with Gasteiger partial charge in [0.25, 0.3) is 11.3 Å². The molecule has 0 radical (unpaired) electrons. The average Bonchev–Trinajstić information content (AvgIpc) is 3.28. The molecule has 1 fully saturated rings. The van der Waals surface area contributed by atoms with E-state index in [1.54, 1.807) is 25.1 Å². The van der Waals surface area contributed by atoms with E-state index in [0.29, 0.717) is 27.7 Å². The standard InChI is InChI=1S/C25H24Cl2FN3O3/c1-15-10-16(4-7-20(15)28)12-29-24(34)22-23(33)21(32)13-31(30-22)14-25(8-2-3-9-25)17-5-6-18(26)19(27)11-17/h4-7,10-11,13,32H,2-3,8-9,12,14H2,1H3,(H,29,34). The van der Waals surface area contributed by atoms with Crippen molar-refractivity contribution in [2.45, 2.75) is 51.1 Å². The van der Waals surface area contributed by atoms with Gasteiger partial charge in [-0.25, -0.2) is 4.39 Å². The molecule has 6 nitrogen and oxygen atoms in total. The van der Waals surface area contributed by atoms with Crippen molar-refractivity contribution in [3.05, 3.63) is 91.1 Å². The van der Waals surface area contributed by atoms with Crippen LogP contribution < -0.4 is 10.7 Å². The van der Waals surface area contributed by atoms with Crippen molar-refractivity contribution in [3.63, 3.8) is 0 Å². The number of carbonyl (C=O) groups excluding carboxylic acids is 1. The molecular weight excluding hydrogens is 480 g/mol. The predicted molar refractivity (Wildman–Crippen MR) is 129 cm³/mol. The molecule has 0 spiro atoms. The first-order chi connectivity index (χ1) is 16.2. The van der Waals surface area contributed by atoms with Crippen LogP contribution in [0, 0.1) is 12.7 Å². The summed E-state index contributed by atoms with van der Waals surface area (Å²) in [4.78, 5) is 25.2. The zero-order valence-corrected chi connectivity index (χ0v) is 20.1. The van der Waals surface area contributed by atoms with Gasteiger partial charge in [-0.3, -0.25) is 14.3 Å². The third-order valence-corrected chi connectivity index (χ3v) is 7.13. The largest absolute Gasteiger partial charge is 0.503 e. The first kappa shape index (κ1) is 24.2. The molecule has 0 aliphatic heterocycles. The van der Waals surface area contributed by atoms with E-state index in [4.69, 9.17) is 23.2 Å². The molecule has 34 heavy (non-hydrogen) atoms. The fraction of sp³-hybridized carbons (Fsp3) is 0.320. The van der Waals surface area contributed by atoms with Crippen molar-refractivity contribution < 1.29 is 14.3 Å². The van der Waals surface area contributed by atoms with Crippen molar-refractivity contribution >= 4 is 29.1 Å². The first-order valence-electron chi connectivity index (χ1n) is 11.0. The number of aromatic hydroxyl groups is 1. The number of hydrogen-bond donors (Lipinski definition) is 2. The average molecular weight is 504 g/mol. The second-order valence-corrected chi connectivity index (χ2v) is 9.59. The quantitative estimate of drug-likeness (QED) is 0.487. The van der Waals surface area contributed by atoms with Crippen molar-refractivity contribution in [1.29, 1.82) is 0 Å². The summed E-state index contributed by atoms with van der Waals surface area (Å²) in [6, 6.07) is 10.0. The maximum absolute atomic E-state index is 13.5. The number of rotatable bonds is 6. The van der Waals surface area contributed by atoms with Gasteiger partial charge in [0.2, 0.25) is 0 Å². The van der Waals surface area contributed by atoms with Gasteiger partial charge in [0.05, 0.1) is 22.8 Å². The van der Waals surface area contributed by atoms with Gasteiger partial charge in [0.1, 0.15) is 5.82 Å². The van der Waals surface area contributed by atoms with Gasteiger partial charge in [-0.15, -0.1) is 0 Å². The maximum Gasteiger partial charge on any atom is 0.276 e. The first-order valence-corrected chi connectivity index (χ1v) is 11.7. The number of carbonyl (C=O) groups is 1. The molecule has 1 aliphatic rings. The van der Waals surface area contributed by atoms with Crippen LogP contribution in [0.2, 0.25) is 10.0 Å². The zero-order valence-electron chi connectivity index (χ0n) is 18.6. The molecule has 3 aromatic rings. The molecule has 9 heteroatoms. The number of amides is 1. The molecule has 1 saturated carbocycles. The zero-order chi connectivity index (χ0) is 24.5.